The summed E-state index contributed by atoms with van der Waals surface area (Å²) in [5.74, 6) is -1.72. The zero-order chi connectivity index (χ0) is 26.6. The van der Waals surface area contributed by atoms with Crippen LogP contribution < -0.4 is 4.90 Å². The molecule has 1 saturated heterocycles. The molecule has 0 bridgehead atoms. The van der Waals surface area contributed by atoms with E-state index in [2.05, 4.69) is 0 Å². The summed E-state index contributed by atoms with van der Waals surface area (Å²) in [5, 5.41) is 0.774. The molecule has 8 heteroatoms. The molecule has 4 amide bonds. The third-order valence-electron chi connectivity index (χ3n) is 7.53. The van der Waals surface area contributed by atoms with Crippen LogP contribution in [-0.2, 0) is 15.9 Å². The van der Waals surface area contributed by atoms with Crippen LogP contribution in [0, 0.1) is 6.92 Å². The van der Waals surface area contributed by atoms with Crippen LogP contribution in [-0.4, -0.2) is 61.0 Å². The normalized spacial score (nSPS) is 18.1. The molecule has 194 valence electrons. The van der Waals surface area contributed by atoms with E-state index in [1.165, 1.54) is 9.80 Å². The molecule has 38 heavy (non-hydrogen) atoms. The number of amides is 4. The quantitative estimate of drug-likeness (QED) is 0.241. The van der Waals surface area contributed by atoms with Crippen LogP contribution >= 0.6 is 0 Å². The lowest BCUT2D eigenvalue weighted by molar-refractivity contribution is 0.0597. The minimum atomic E-state index is -0.450. The highest BCUT2D eigenvalue weighted by Crippen LogP contribution is 2.40. The maximum absolute atomic E-state index is 13.8. The molecule has 0 N–H and O–H groups in total. The molecule has 3 aliphatic rings. The first-order chi connectivity index (χ1) is 18.4. The van der Waals surface area contributed by atoms with Crippen molar-refractivity contribution in [3.63, 3.8) is 0 Å². The van der Waals surface area contributed by atoms with E-state index in [0.717, 1.165) is 17.7 Å². The summed E-state index contributed by atoms with van der Waals surface area (Å²) in [6, 6.07) is 12.1. The van der Waals surface area contributed by atoms with Gasteiger partial charge in [0.05, 0.1) is 18.9 Å². The van der Waals surface area contributed by atoms with E-state index in [-0.39, 0.29) is 12.6 Å². The van der Waals surface area contributed by atoms with Gasteiger partial charge in [0.15, 0.2) is 0 Å². The molecule has 1 unspecified atom stereocenters. The minimum Gasteiger partial charge on any atom is -0.379 e. The smallest absolute Gasteiger partial charge is 0.266 e. The molecule has 0 spiro atoms. The summed E-state index contributed by atoms with van der Waals surface area (Å²) < 4.78 is 10.7. The molecule has 8 nitrogen and oxygen atoms in total. The maximum Gasteiger partial charge on any atom is 0.266 e. The number of ether oxygens (including phenoxy) is 2. The molecule has 0 saturated carbocycles. The number of hydrogen-bond acceptors (Lipinski definition) is 6. The Labute approximate surface area is 220 Å². The van der Waals surface area contributed by atoms with Crippen LogP contribution in [0.5, 0.6) is 0 Å². The molecule has 3 aromatic carbocycles. The van der Waals surface area contributed by atoms with Crippen LogP contribution in [0.15, 0.2) is 42.5 Å². The van der Waals surface area contributed by atoms with Crippen molar-refractivity contribution in [3.05, 3.63) is 75.8 Å². The van der Waals surface area contributed by atoms with Crippen molar-refractivity contribution in [3.8, 4) is 0 Å². The van der Waals surface area contributed by atoms with Crippen molar-refractivity contribution in [1.29, 1.82) is 0 Å². The fraction of sp³-hybridized carbons (Fsp3) is 0.333. The first kappa shape index (κ1) is 24.5. The first-order valence-electron chi connectivity index (χ1n) is 13.0. The molecule has 3 aromatic rings. The summed E-state index contributed by atoms with van der Waals surface area (Å²) in [4.78, 5) is 56.9. The van der Waals surface area contributed by atoms with E-state index in [1.807, 2.05) is 32.0 Å². The number of unbranched alkanes of at least 4 members (excludes halogenated alkanes) is 1. The third-order valence-corrected chi connectivity index (χ3v) is 7.53. The third kappa shape index (κ3) is 3.83. The predicted octanol–water partition coefficient (Wildman–Crippen LogP) is 4.30. The highest BCUT2D eigenvalue weighted by molar-refractivity contribution is 6.39. The Hall–Kier alpha value is -3.88. The second-order valence-corrected chi connectivity index (χ2v) is 9.95. The number of imide groups is 2. The fourth-order valence-corrected chi connectivity index (χ4v) is 5.51. The van der Waals surface area contributed by atoms with Gasteiger partial charge < -0.3 is 9.47 Å². The lowest BCUT2D eigenvalue weighted by Gasteiger charge is -2.33. The van der Waals surface area contributed by atoms with Crippen molar-refractivity contribution in [2.45, 2.75) is 39.2 Å². The molecule has 1 fully saturated rings. The largest absolute Gasteiger partial charge is 0.379 e. The summed E-state index contributed by atoms with van der Waals surface area (Å²) >= 11 is 0. The van der Waals surface area contributed by atoms with Crippen molar-refractivity contribution in [2.75, 3.05) is 31.3 Å². The molecule has 6 rings (SSSR count). The number of hydrogen-bond donors (Lipinski definition) is 0. The number of aryl methyl sites for hydroxylation is 2. The van der Waals surface area contributed by atoms with Crippen LogP contribution in [0.3, 0.4) is 0 Å². The van der Waals surface area contributed by atoms with E-state index in [9.17, 15) is 19.2 Å². The van der Waals surface area contributed by atoms with Gasteiger partial charge in [-0.15, -0.1) is 0 Å². The summed E-state index contributed by atoms with van der Waals surface area (Å²) in [5.41, 5.74) is 3.62. The summed E-state index contributed by atoms with van der Waals surface area (Å²) in [7, 11) is 0. The van der Waals surface area contributed by atoms with Crippen molar-refractivity contribution >= 4 is 40.1 Å². The van der Waals surface area contributed by atoms with Gasteiger partial charge in [-0.3, -0.25) is 24.1 Å². The minimum absolute atomic E-state index is 0.204. The van der Waals surface area contributed by atoms with E-state index in [4.69, 9.17) is 9.47 Å². The Morgan fingerprint density at radius 1 is 0.842 bits per heavy atom. The fourth-order valence-electron chi connectivity index (χ4n) is 5.51. The zero-order valence-electron chi connectivity index (χ0n) is 21.4. The maximum atomic E-state index is 13.8. The average molecular weight is 513 g/mol. The predicted molar refractivity (Wildman–Crippen MR) is 141 cm³/mol. The highest BCUT2D eigenvalue weighted by Gasteiger charge is 2.40. The van der Waals surface area contributed by atoms with Gasteiger partial charge in [0, 0.05) is 46.2 Å². The number of anilines is 1. The molecule has 3 heterocycles. The summed E-state index contributed by atoms with van der Waals surface area (Å²) in [6.45, 7) is 5.98. The SMILES string of the molecule is CCc1cccc(C)c1N1C(=O)c2ccc3c4c(ccc(c24)C1=O)C(=O)N(CCCCOCC1CO1)C3=O. The zero-order valence-corrected chi connectivity index (χ0v) is 21.4. The number of epoxide rings is 1. The molecule has 0 radical (unpaired) electrons. The van der Waals surface area contributed by atoms with Gasteiger partial charge in [0.25, 0.3) is 23.6 Å². The van der Waals surface area contributed by atoms with Gasteiger partial charge in [-0.1, -0.05) is 25.1 Å². The van der Waals surface area contributed by atoms with E-state index < -0.39 is 23.6 Å². The van der Waals surface area contributed by atoms with Crippen LogP contribution in [0.25, 0.3) is 10.8 Å². The van der Waals surface area contributed by atoms with Gasteiger partial charge in [0.1, 0.15) is 6.10 Å². The van der Waals surface area contributed by atoms with Crippen LogP contribution in [0.4, 0.5) is 5.69 Å². The van der Waals surface area contributed by atoms with Gasteiger partial charge in [-0.2, -0.15) is 0 Å². The monoisotopic (exact) mass is 512 g/mol. The number of carbonyl (C=O) groups is 4. The molecular formula is C30H28N2O6. The Bertz CT molecular complexity index is 1450. The molecule has 1 atom stereocenters. The second kappa shape index (κ2) is 9.45. The number of nitrogens with zero attached hydrogens (tertiary/aromatic N) is 2. The van der Waals surface area contributed by atoms with Crippen LogP contribution in [0.2, 0.25) is 0 Å². The Morgan fingerprint density at radius 3 is 1.97 bits per heavy atom. The standard InChI is InChI=1S/C30H28N2O6/c1-3-18-8-6-7-17(2)26(18)32-29(35)22-11-9-20-24-21(10-12-23(25(22)24)30(32)36)28(34)31(27(20)33)13-4-5-14-37-15-19-16-38-19/h6-12,19H,3-5,13-16H2,1-2H3. The number of para-hydroxylation sites is 1. The van der Waals surface area contributed by atoms with E-state index >= 15 is 0 Å². The lowest BCUT2D eigenvalue weighted by atomic mass is 9.85. The van der Waals surface area contributed by atoms with Gasteiger partial charge in [0.2, 0.25) is 0 Å². The second-order valence-electron chi connectivity index (χ2n) is 9.95. The average Bonchev–Trinajstić information content (AvgIpc) is 3.75. The van der Waals surface area contributed by atoms with Crippen molar-refractivity contribution < 1.29 is 28.7 Å². The van der Waals surface area contributed by atoms with Gasteiger partial charge in [-0.05, 0) is 61.6 Å². The lowest BCUT2D eigenvalue weighted by Crippen LogP contribution is -2.44. The Kier molecular flexibility index (Phi) is 6.08. The number of benzene rings is 3. The Morgan fingerprint density at radius 2 is 1.42 bits per heavy atom. The summed E-state index contributed by atoms with van der Waals surface area (Å²) in [6.07, 6.45) is 2.19. The molecular weight excluding hydrogens is 484 g/mol. The molecule has 0 aromatic heterocycles. The topological polar surface area (TPSA) is 96.5 Å². The molecule has 3 aliphatic heterocycles. The first-order valence-corrected chi connectivity index (χ1v) is 13.0. The van der Waals surface area contributed by atoms with Crippen molar-refractivity contribution in [2.24, 2.45) is 0 Å². The number of rotatable bonds is 9. The van der Waals surface area contributed by atoms with Gasteiger partial charge >= 0.3 is 0 Å². The highest BCUT2D eigenvalue weighted by atomic mass is 16.6. The van der Waals surface area contributed by atoms with Gasteiger partial charge in [-0.25, -0.2) is 4.90 Å². The van der Waals surface area contributed by atoms with Crippen LogP contribution in [0.1, 0.15) is 72.3 Å². The van der Waals surface area contributed by atoms with E-state index in [0.29, 0.717) is 71.2 Å². The number of carbonyl (C=O) groups excluding carboxylic acids is 4. The van der Waals surface area contributed by atoms with E-state index in [1.54, 1.807) is 24.3 Å². The Balaban J connectivity index is 1.33. The van der Waals surface area contributed by atoms with Crippen molar-refractivity contribution in [1.82, 2.24) is 4.90 Å². The molecule has 0 aliphatic carbocycles.